The fourth-order valence-corrected chi connectivity index (χ4v) is 6.93. The second-order valence-electron chi connectivity index (χ2n) is 14.0. The summed E-state index contributed by atoms with van der Waals surface area (Å²) in [4.78, 5) is 2.18. The number of nitrogens with two attached hydrogens (primary N) is 1. The summed E-state index contributed by atoms with van der Waals surface area (Å²) >= 11 is 0. The molecule has 6 nitrogen and oxygen atoms in total. The van der Waals surface area contributed by atoms with E-state index in [0.717, 1.165) is 142 Å². The number of quaternary nitrogens is 4. The highest BCUT2D eigenvalue weighted by atomic mass is 15.4. The van der Waals surface area contributed by atoms with Crippen LogP contribution in [0.15, 0.2) is 203 Å². The zero-order valence-electron chi connectivity index (χ0n) is 37.8. The smallest absolute Gasteiger partial charge is 0.129 e. The molecule has 0 aromatic rings. The Morgan fingerprint density at radius 2 is 0.448 bits per heavy atom. The van der Waals surface area contributed by atoms with Gasteiger partial charge >= 0.3 is 0 Å². The molecule has 0 radical (unpaired) electrons. The van der Waals surface area contributed by atoms with E-state index in [0.29, 0.717) is 6.54 Å². The first-order chi connectivity index (χ1) is 28.0. The van der Waals surface area contributed by atoms with Gasteiger partial charge < -0.3 is 23.7 Å². The summed E-state index contributed by atoms with van der Waals surface area (Å²) in [5.41, 5.74) is 5.38. The molecule has 2 N–H and O–H groups in total. The van der Waals surface area contributed by atoms with Crippen LogP contribution in [0.4, 0.5) is 0 Å². The van der Waals surface area contributed by atoms with Gasteiger partial charge in [-0.25, -0.2) is 0 Å². The second-order valence-corrected chi connectivity index (χ2v) is 14.0. The van der Waals surface area contributed by atoms with Gasteiger partial charge in [0.15, 0.2) is 0 Å². The average molecular weight is 801 g/mol. The molecule has 0 bridgehead atoms. The molecule has 0 saturated carbocycles. The topological polar surface area (TPSA) is 29.3 Å². The lowest BCUT2D eigenvalue weighted by Gasteiger charge is -2.42. The van der Waals surface area contributed by atoms with E-state index < -0.39 is 0 Å². The summed E-state index contributed by atoms with van der Waals surface area (Å²) in [5, 5.41) is 0. The number of hydrogen-bond acceptors (Lipinski definition) is 2. The van der Waals surface area contributed by atoms with Crippen LogP contribution in [0.1, 0.15) is 0 Å². The highest BCUT2D eigenvalue weighted by Gasteiger charge is 2.32. The van der Waals surface area contributed by atoms with Crippen LogP contribution >= 0.6 is 0 Å². The SMILES string of the molecule is C=C.C=C.C=CCN(CC=C)CCN.C=CC[N+](CC=C)(CC=C)CC[N+](CC=C)(CC=C)CC=C.C=CC[N+](CC=C)(CC=C)CC[N+](CC=C)(CC=C)CC=C. The standard InChI is InChI=1S/2C20H34N2.C8H16N2.2C2H4/c2*1-7-13-21(14-8-2,15-9-3)19-20-22(16-10-4,17-11-5)18-12-6;1-3-6-10(7-4-2)8-5-9;2*1-2/h2*7-12H,1-6,13-20H2;3-4H,1-2,5-9H2;2*1-2H2/q2*+2;;;. The van der Waals surface area contributed by atoms with Crippen LogP contribution in [0.5, 0.6) is 0 Å². The molecule has 0 aliphatic heterocycles. The Morgan fingerprint density at radius 3 is 0.552 bits per heavy atom. The maximum atomic E-state index is 5.38. The van der Waals surface area contributed by atoms with Gasteiger partial charge in [-0.3, -0.25) is 4.90 Å². The van der Waals surface area contributed by atoms with Crippen molar-refractivity contribution in [2.24, 2.45) is 5.73 Å². The van der Waals surface area contributed by atoms with Crippen LogP contribution in [-0.4, -0.2) is 154 Å². The van der Waals surface area contributed by atoms with Crippen molar-refractivity contribution in [3.8, 4) is 0 Å². The van der Waals surface area contributed by atoms with Crippen molar-refractivity contribution >= 4 is 0 Å². The minimum atomic E-state index is 0.696. The summed E-state index contributed by atoms with van der Waals surface area (Å²) in [7, 11) is 0. The molecule has 0 amide bonds. The predicted molar refractivity (Wildman–Crippen MR) is 270 cm³/mol. The van der Waals surface area contributed by atoms with Crippen LogP contribution in [0.25, 0.3) is 0 Å². The molecule has 0 aliphatic carbocycles. The monoisotopic (exact) mass is 801 g/mol. The zero-order valence-corrected chi connectivity index (χ0v) is 37.8. The Labute approximate surface area is 361 Å². The second kappa shape index (κ2) is 43.7. The van der Waals surface area contributed by atoms with Crippen LogP contribution < -0.4 is 5.73 Å². The van der Waals surface area contributed by atoms with Gasteiger partial charge in [-0.1, -0.05) is 91.1 Å². The molecular weight excluding hydrogens is 709 g/mol. The number of hydrogen-bond donors (Lipinski definition) is 1. The third kappa shape index (κ3) is 29.8. The molecule has 0 rings (SSSR count). The van der Waals surface area contributed by atoms with E-state index in [-0.39, 0.29) is 0 Å². The minimum Gasteiger partial charge on any atom is -0.329 e. The lowest BCUT2D eigenvalue weighted by Crippen LogP contribution is -2.58. The highest BCUT2D eigenvalue weighted by molar-refractivity contribution is 4.82. The van der Waals surface area contributed by atoms with Crippen molar-refractivity contribution in [1.29, 1.82) is 0 Å². The van der Waals surface area contributed by atoms with Crippen LogP contribution in [0, 0.1) is 0 Å². The first kappa shape index (κ1) is 62.8. The summed E-state index contributed by atoms with van der Waals surface area (Å²) < 4.78 is 3.67. The summed E-state index contributed by atoms with van der Waals surface area (Å²) in [5.74, 6) is 0. The Kier molecular flexibility index (Phi) is 47.3. The van der Waals surface area contributed by atoms with E-state index in [2.05, 4.69) is 123 Å². The zero-order chi connectivity index (χ0) is 45.6. The van der Waals surface area contributed by atoms with Gasteiger partial charge in [0.05, 0.1) is 78.5 Å². The van der Waals surface area contributed by atoms with Gasteiger partial charge in [-0.15, -0.1) is 39.5 Å². The van der Waals surface area contributed by atoms with Gasteiger partial charge in [-0.2, -0.15) is 0 Å². The fourth-order valence-electron chi connectivity index (χ4n) is 6.93. The quantitative estimate of drug-likeness (QED) is 0.0506. The van der Waals surface area contributed by atoms with Crippen LogP contribution in [0.2, 0.25) is 0 Å². The maximum Gasteiger partial charge on any atom is 0.129 e. The van der Waals surface area contributed by atoms with Crippen LogP contribution in [-0.2, 0) is 0 Å². The molecule has 0 saturated heterocycles. The normalized spacial score (nSPS) is 10.5. The van der Waals surface area contributed by atoms with E-state index >= 15 is 0 Å². The molecule has 58 heavy (non-hydrogen) atoms. The largest absolute Gasteiger partial charge is 0.329 e. The van der Waals surface area contributed by atoms with Crippen molar-refractivity contribution in [3.05, 3.63) is 203 Å². The molecule has 6 heteroatoms. The molecule has 0 fully saturated rings. The van der Waals surface area contributed by atoms with E-state index in [9.17, 15) is 0 Å². The van der Waals surface area contributed by atoms with Crippen molar-refractivity contribution in [2.45, 2.75) is 0 Å². The van der Waals surface area contributed by atoms with Gasteiger partial charge in [0.25, 0.3) is 0 Å². The predicted octanol–water partition coefficient (Wildman–Crippen LogP) is 9.70. The Morgan fingerprint density at radius 1 is 0.293 bits per heavy atom. The van der Waals surface area contributed by atoms with Crippen LogP contribution in [0.3, 0.4) is 0 Å². The van der Waals surface area contributed by atoms with E-state index in [4.69, 9.17) is 5.73 Å². The lowest BCUT2D eigenvalue weighted by atomic mass is 10.2. The van der Waals surface area contributed by atoms with Crippen molar-refractivity contribution in [3.63, 3.8) is 0 Å². The third-order valence-corrected chi connectivity index (χ3v) is 9.51. The third-order valence-electron chi connectivity index (χ3n) is 9.51. The van der Waals surface area contributed by atoms with Gasteiger partial charge in [-0.05, 0) is 72.9 Å². The first-order valence-corrected chi connectivity index (χ1v) is 20.3. The average Bonchev–Trinajstić information content (AvgIpc) is 3.20. The van der Waals surface area contributed by atoms with Crippen molar-refractivity contribution in [1.82, 2.24) is 4.90 Å². The lowest BCUT2D eigenvalue weighted by molar-refractivity contribution is -0.966. The highest BCUT2D eigenvalue weighted by Crippen LogP contribution is 2.16. The Balaban J connectivity index is -0.000000246. The molecule has 0 spiro atoms. The summed E-state index contributed by atoms with van der Waals surface area (Å²) in [6.45, 7) is 85.1. The van der Waals surface area contributed by atoms with Gasteiger partial charge in [0, 0.05) is 26.2 Å². The summed E-state index contributed by atoms with van der Waals surface area (Å²) in [6, 6.07) is 0. The molecule has 0 atom stereocenters. The Hall–Kier alpha value is -4.40. The molecule has 326 valence electrons. The Bertz CT molecular complexity index is 906. The number of nitrogens with zero attached hydrogens (tertiary/aromatic N) is 5. The first-order valence-electron chi connectivity index (χ1n) is 20.3. The number of rotatable bonds is 36. The molecule has 0 aromatic heterocycles. The minimum absolute atomic E-state index is 0.696. The molecule has 0 unspecified atom stereocenters. The fraction of sp³-hybridized carbons (Fsp3) is 0.385. The summed E-state index contributed by atoms with van der Waals surface area (Å²) in [6.07, 6.45) is 27.7. The molecule has 0 heterocycles. The van der Waals surface area contributed by atoms with Crippen molar-refractivity contribution < 1.29 is 17.9 Å². The van der Waals surface area contributed by atoms with E-state index in [1.54, 1.807) is 0 Å². The molecular formula is C52H92N6+4. The maximum absolute atomic E-state index is 5.38. The van der Waals surface area contributed by atoms with Crippen molar-refractivity contribution in [2.75, 3.05) is 131 Å². The van der Waals surface area contributed by atoms with Gasteiger partial charge in [0.2, 0.25) is 0 Å². The van der Waals surface area contributed by atoms with E-state index in [1.807, 2.05) is 85.1 Å². The van der Waals surface area contributed by atoms with Gasteiger partial charge in [0.1, 0.15) is 26.2 Å². The molecule has 0 aromatic carbocycles. The molecule has 0 aliphatic rings. The van der Waals surface area contributed by atoms with E-state index in [1.165, 1.54) is 0 Å².